The van der Waals surface area contributed by atoms with Crippen molar-refractivity contribution >= 4 is 50.1 Å². The summed E-state index contributed by atoms with van der Waals surface area (Å²) in [7, 11) is -0.508. The lowest BCUT2D eigenvalue weighted by molar-refractivity contribution is -0.132. The van der Waals surface area contributed by atoms with Gasteiger partial charge in [0.15, 0.2) is 0 Å². The molecule has 4 amide bonds. The lowest BCUT2D eigenvalue weighted by Crippen LogP contribution is -2.58. The quantitative estimate of drug-likeness (QED) is 0.296. The maximum atomic E-state index is 14.4. The summed E-state index contributed by atoms with van der Waals surface area (Å²) >= 11 is 1.57. The maximum absolute atomic E-state index is 14.4. The van der Waals surface area contributed by atoms with Gasteiger partial charge < -0.3 is 24.6 Å². The zero-order valence-electron chi connectivity index (χ0n) is 31.0. The second-order valence-electron chi connectivity index (χ2n) is 15.2. The van der Waals surface area contributed by atoms with Crippen molar-refractivity contribution in [3.8, 4) is 22.9 Å². The molecule has 3 fully saturated rings. The normalized spacial score (nSPS) is 27.2. The number of aryl methyl sites for hydroxylation is 1. The van der Waals surface area contributed by atoms with Crippen LogP contribution in [-0.2, 0) is 19.6 Å². The molecule has 0 unspecified atom stereocenters. The van der Waals surface area contributed by atoms with Crippen molar-refractivity contribution < 1.29 is 32.3 Å². The van der Waals surface area contributed by atoms with Crippen LogP contribution >= 0.6 is 11.3 Å². The van der Waals surface area contributed by atoms with Gasteiger partial charge in [-0.1, -0.05) is 32.9 Å². The minimum Gasteiger partial charge on any atom is -0.496 e. The zero-order valence-corrected chi connectivity index (χ0v) is 32.7. The minimum atomic E-state index is -3.85. The molecule has 4 heterocycles. The highest BCUT2D eigenvalue weighted by atomic mass is 32.2. The number of methoxy groups -OCH3 is 1. The van der Waals surface area contributed by atoms with Gasteiger partial charge in [0, 0.05) is 53.7 Å². The number of amides is 4. The molecule has 0 spiro atoms. The van der Waals surface area contributed by atoms with Gasteiger partial charge in [0.25, 0.3) is 5.91 Å². The van der Waals surface area contributed by atoms with E-state index in [1.807, 2.05) is 49.6 Å². The molecule has 0 bridgehead atoms. The second-order valence-corrected chi connectivity index (χ2v) is 18.1. The van der Waals surface area contributed by atoms with Crippen LogP contribution in [0.5, 0.6) is 11.5 Å². The number of thiazole rings is 1. The number of carbonyl (C=O) groups excluding carboxylic acids is 3. The summed E-state index contributed by atoms with van der Waals surface area (Å²) in [6.45, 7) is 8.62. The summed E-state index contributed by atoms with van der Waals surface area (Å²) in [6, 6.07) is 4.32. The maximum Gasteiger partial charge on any atom is 0.320 e. The summed E-state index contributed by atoms with van der Waals surface area (Å²) in [5.74, 6) is -0.680. The van der Waals surface area contributed by atoms with Gasteiger partial charge in [0.05, 0.1) is 40.8 Å². The number of ether oxygens (including phenoxy) is 2. The number of sulfonamides is 1. The fraction of sp³-hybridized carbons (Fsp3) is 0.553. The van der Waals surface area contributed by atoms with E-state index in [1.165, 1.54) is 4.90 Å². The smallest absolute Gasteiger partial charge is 0.320 e. The van der Waals surface area contributed by atoms with Crippen molar-refractivity contribution in [3.05, 3.63) is 46.3 Å². The Morgan fingerprint density at radius 2 is 1.91 bits per heavy atom. The molecular formula is C38H48N6O7S2. The van der Waals surface area contributed by atoms with Crippen molar-refractivity contribution in [1.29, 1.82) is 0 Å². The lowest BCUT2D eigenvalue weighted by Gasteiger charge is -2.31. The summed E-state index contributed by atoms with van der Waals surface area (Å²) < 4.78 is 40.4. The van der Waals surface area contributed by atoms with Crippen molar-refractivity contribution in [2.75, 3.05) is 27.2 Å². The Morgan fingerprint density at radius 1 is 1.13 bits per heavy atom. The fourth-order valence-electron chi connectivity index (χ4n) is 7.49. The van der Waals surface area contributed by atoms with Crippen molar-refractivity contribution in [2.45, 2.75) is 95.1 Å². The molecule has 7 rings (SSSR count). The number of nitrogens with zero attached hydrogens (tertiary/aromatic N) is 4. The Balaban J connectivity index is 1.24. The Labute approximate surface area is 314 Å². The number of benzene rings is 1. The molecular weight excluding hydrogens is 717 g/mol. The summed E-state index contributed by atoms with van der Waals surface area (Å²) in [6.07, 6.45) is 6.85. The van der Waals surface area contributed by atoms with Gasteiger partial charge in [-0.25, -0.2) is 23.2 Å². The number of hydrogen-bond acceptors (Lipinski definition) is 10. The zero-order chi connectivity index (χ0) is 37.8. The van der Waals surface area contributed by atoms with Crippen molar-refractivity contribution in [2.24, 2.45) is 11.8 Å². The van der Waals surface area contributed by atoms with Crippen LogP contribution in [0.1, 0.15) is 75.8 Å². The topological polar surface area (TPSA) is 160 Å². The summed E-state index contributed by atoms with van der Waals surface area (Å²) in [4.78, 5) is 55.3. The highest BCUT2D eigenvalue weighted by molar-refractivity contribution is 7.91. The number of fused-ring (bicyclic) bond motifs is 3. The number of nitrogens with one attached hydrogen (secondary N) is 2. The van der Waals surface area contributed by atoms with Crippen LogP contribution < -0.4 is 19.5 Å². The van der Waals surface area contributed by atoms with Gasteiger partial charge >= 0.3 is 6.03 Å². The average molecular weight is 765 g/mol. The molecule has 1 aromatic carbocycles. The first-order chi connectivity index (χ1) is 25.2. The largest absolute Gasteiger partial charge is 0.496 e. The lowest BCUT2D eigenvalue weighted by atomic mass is 9.98. The Bertz CT molecular complexity index is 2080. The van der Waals surface area contributed by atoms with E-state index in [-0.39, 0.29) is 30.8 Å². The number of pyridine rings is 1. The summed E-state index contributed by atoms with van der Waals surface area (Å²) in [5.41, 5.74) is 1.45. The van der Waals surface area contributed by atoms with Crippen LogP contribution in [0.3, 0.4) is 0 Å². The molecule has 13 nitrogen and oxygen atoms in total. The van der Waals surface area contributed by atoms with Crippen LogP contribution in [0.25, 0.3) is 22.3 Å². The molecule has 4 aliphatic rings. The van der Waals surface area contributed by atoms with Crippen LogP contribution in [0.4, 0.5) is 4.79 Å². The van der Waals surface area contributed by atoms with E-state index < -0.39 is 50.7 Å². The first-order valence-corrected chi connectivity index (χ1v) is 20.8. The third kappa shape index (κ3) is 7.09. The van der Waals surface area contributed by atoms with Crippen LogP contribution in [0.2, 0.25) is 0 Å². The number of aromatic nitrogens is 2. The van der Waals surface area contributed by atoms with Gasteiger partial charge in [-0.2, -0.15) is 0 Å². The fourth-order valence-corrected chi connectivity index (χ4v) is 9.68. The first-order valence-electron chi connectivity index (χ1n) is 18.4. The molecule has 1 saturated heterocycles. The summed E-state index contributed by atoms with van der Waals surface area (Å²) in [5, 5.41) is 6.08. The van der Waals surface area contributed by atoms with E-state index in [0.29, 0.717) is 42.1 Å². The van der Waals surface area contributed by atoms with Gasteiger partial charge in [-0.15, -0.1) is 11.3 Å². The number of urea groups is 1. The minimum absolute atomic E-state index is 0.115. The van der Waals surface area contributed by atoms with E-state index in [4.69, 9.17) is 19.4 Å². The van der Waals surface area contributed by atoms with E-state index in [2.05, 4.69) is 23.9 Å². The Morgan fingerprint density at radius 3 is 2.60 bits per heavy atom. The molecule has 0 radical (unpaired) electrons. The molecule has 53 heavy (non-hydrogen) atoms. The molecule has 2 aliphatic carbocycles. The SMILES string of the molecule is COc1ccc2c(O[C@H]3CN4C(=O)N(C)CCCC/C=C\[C@H]5C[C@]5(C(=O)NS(=O)(=O)C5CC5)NC(=O)[C@@H]4[C@H]3C)cc(-c3csc(C(C)C)n3)nc2c1C. The molecule has 2 aromatic heterocycles. The number of rotatable bonds is 8. The molecule has 2 N–H and O–H groups in total. The third-order valence-corrected chi connectivity index (χ3v) is 14.0. The Kier molecular flexibility index (Phi) is 9.94. The monoisotopic (exact) mass is 764 g/mol. The highest BCUT2D eigenvalue weighted by Gasteiger charge is 2.62. The molecule has 3 aromatic rings. The molecule has 2 saturated carbocycles. The van der Waals surface area contributed by atoms with E-state index in [0.717, 1.165) is 40.9 Å². The highest BCUT2D eigenvalue weighted by Crippen LogP contribution is 2.46. The van der Waals surface area contributed by atoms with E-state index >= 15 is 0 Å². The average Bonchev–Trinajstić information content (AvgIpc) is 4.01. The van der Waals surface area contributed by atoms with Gasteiger partial charge in [0.2, 0.25) is 15.9 Å². The van der Waals surface area contributed by atoms with Crippen LogP contribution in [0, 0.1) is 18.8 Å². The first kappa shape index (κ1) is 37.1. The van der Waals surface area contributed by atoms with Gasteiger partial charge in [0.1, 0.15) is 29.2 Å². The number of hydrogen-bond donors (Lipinski definition) is 2. The third-order valence-electron chi connectivity index (χ3n) is 11.0. The Hall–Kier alpha value is -4.24. The number of allylic oxidation sites excluding steroid dienone is 1. The van der Waals surface area contributed by atoms with E-state index in [1.54, 1.807) is 30.4 Å². The predicted molar refractivity (Wildman–Crippen MR) is 202 cm³/mol. The van der Waals surface area contributed by atoms with Crippen molar-refractivity contribution in [3.63, 3.8) is 0 Å². The van der Waals surface area contributed by atoms with Gasteiger partial charge in [-0.05, 0) is 57.6 Å². The van der Waals surface area contributed by atoms with Crippen molar-refractivity contribution in [1.82, 2.24) is 29.8 Å². The molecule has 2 aliphatic heterocycles. The molecule has 15 heteroatoms. The van der Waals surface area contributed by atoms with Crippen LogP contribution in [-0.4, -0.2) is 96.2 Å². The predicted octanol–water partition coefficient (Wildman–Crippen LogP) is 5.14. The molecule has 284 valence electrons. The second kappa shape index (κ2) is 14.2. The van der Waals surface area contributed by atoms with Crippen LogP contribution in [0.15, 0.2) is 35.7 Å². The standard InChI is InChI=1S/C38H48N6O7S2/c1-21(2)35-40-28(20-52-35)27-17-30(26-14-15-29(50-6)22(3)32(26)39-27)51-31-19-44-33(23(31)4)34(45)41-38(36(46)42-53(48,49)25-12-13-25)18-24(38)11-9-7-8-10-16-43(5)37(44)47/h9,11,14-15,17,20-21,23-25,31,33H,7-8,10,12-13,16,18-19H2,1-6H3,(H,41,45)(H,42,46)/b11-9-/t23-,24-,31-,33-,38-/m0/s1. The van der Waals surface area contributed by atoms with Gasteiger partial charge in [-0.3, -0.25) is 14.3 Å². The molecule has 5 atom stereocenters. The van der Waals surface area contributed by atoms with E-state index in [9.17, 15) is 22.8 Å². The number of carbonyl (C=O) groups is 3.